The van der Waals surface area contributed by atoms with Crippen molar-refractivity contribution in [2.45, 2.75) is 32.0 Å². The largest absolute Gasteiger partial charge is 0.393 e. The summed E-state index contributed by atoms with van der Waals surface area (Å²) >= 11 is 0. The van der Waals surface area contributed by atoms with Crippen LogP contribution in [0.4, 0.5) is 13.2 Å². The Morgan fingerprint density at radius 1 is 1.29 bits per heavy atom. The van der Waals surface area contributed by atoms with Gasteiger partial charge in [-0.3, -0.25) is 4.90 Å². The van der Waals surface area contributed by atoms with Crippen LogP contribution >= 0.6 is 0 Å². The molecule has 1 aliphatic heterocycles. The van der Waals surface area contributed by atoms with E-state index < -0.39 is 12.1 Å². The van der Waals surface area contributed by atoms with E-state index in [1.165, 1.54) is 0 Å². The van der Waals surface area contributed by atoms with Crippen LogP contribution in [0.15, 0.2) is 30.3 Å². The van der Waals surface area contributed by atoms with Crippen LogP contribution in [-0.4, -0.2) is 37.3 Å². The third-order valence-electron chi connectivity index (χ3n) is 4.13. The third-order valence-corrected chi connectivity index (χ3v) is 4.13. The van der Waals surface area contributed by atoms with E-state index in [9.17, 15) is 13.2 Å². The summed E-state index contributed by atoms with van der Waals surface area (Å²) in [6.07, 6.45) is -3.22. The number of hydrogen-bond donors (Lipinski definition) is 1. The molecule has 0 saturated carbocycles. The third kappa shape index (κ3) is 4.45. The minimum atomic E-state index is -4.09. The number of alkyl halides is 3. The SMILES string of the molecule is CCNCC(c1ccccc1)N1CCCC(C(F)(F)F)C1. The fourth-order valence-corrected chi connectivity index (χ4v) is 2.97. The Bertz CT molecular complexity index is 419. The molecule has 1 aromatic carbocycles. The number of piperidine rings is 1. The molecule has 2 atom stereocenters. The number of rotatable bonds is 5. The smallest absolute Gasteiger partial charge is 0.315 e. The molecule has 0 amide bonds. The minimum absolute atomic E-state index is 0.0105. The van der Waals surface area contributed by atoms with E-state index in [-0.39, 0.29) is 19.0 Å². The minimum Gasteiger partial charge on any atom is -0.315 e. The molecule has 21 heavy (non-hydrogen) atoms. The van der Waals surface area contributed by atoms with E-state index in [1.54, 1.807) is 0 Å². The Morgan fingerprint density at radius 2 is 2.00 bits per heavy atom. The van der Waals surface area contributed by atoms with Gasteiger partial charge in [0.15, 0.2) is 0 Å². The van der Waals surface area contributed by atoms with Crippen molar-refractivity contribution in [3.63, 3.8) is 0 Å². The molecule has 1 aliphatic rings. The second-order valence-corrected chi connectivity index (χ2v) is 5.61. The van der Waals surface area contributed by atoms with Crippen LogP contribution in [0.1, 0.15) is 31.4 Å². The van der Waals surface area contributed by atoms with Gasteiger partial charge in [-0.1, -0.05) is 37.3 Å². The van der Waals surface area contributed by atoms with Gasteiger partial charge in [-0.2, -0.15) is 13.2 Å². The molecular formula is C16H23F3N2. The van der Waals surface area contributed by atoms with Gasteiger partial charge in [-0.05, 0) is 31.5 Å². The van der Waals surface area contributed by atoms with Gasteiger partial charge in [-0.25, -0.2) is 0 Å². The van der Waals surface area contributed by atoms with Gasteiger partial charge in [0.2, 0.25) is 0 Å². The molecule has 2 unspecified atom stereocenters. The number of nitrogens with one attached hydrogen (secondary N) is 1. The first-order valence-corrected chi connectivity index (χ1v) is 7.58. The van der Waals surface area contributed by atoms with Gasteiger partial charge in [0, 0.05) is 19.1 Å². The topological polar surface area (TPSA) is 15.3 Å². The average molecular weight is 300 g/mol. The summed E-state index contributed by atoms with van der Waals surface area (Å²) < 4.78 is 39.0. The molecule has 5 heteroatoms. The lowest BCUT2D eigenvalue weighted by atomic mass is 9.94. The predicted molar refractivity (Wildman–Crippen MR) is 78.1 cm³/mol. The molecule has 0 spiro atoms. The van der Waals surface area contributed by atoms with Crippen molar-refractivity contribution < 1.29 is 13.2 Å². The number of hydrogen-bond acceptors (Lipinski definition) is 2. The molecular weight excluding hydrogens is 277 g/mol. The first kappa shape index (κ1) is 16.3. The van der Waals surface area contributed by atoms with Crippen LogP contribution in [-0.2, 0) is 0 Å². The number of benzene rings is 1. The zero-order valence-corrected chi connectivity index (χ0v) is 12.4. The second kappa shape index (κ2) is 7.27. The van der Waals surface area contributed by atoms with Gasteiger partial charge in [0.05, 0.1) is 5.92 Å². The summed E-state index contributed by atoms with van der Waals surface area (Å²) in [5.74, 6) is -1.20. The molecule has 0 aliphatic carbocycles. The highest BCUT2D eigenvalue weighted by molar-refractivity contribution is 5.19. The van der Waals surface area contributed by atoms with Crippen molar-refractivity contribution in [3.8, 4) is 0 Å². The molecule has 2 rings (SSSR count). The van der Waals surface area contributed by atoms with E-state index in [2.05, 4.69) is 5.32 Å². The van der Waals surface area contributed by atoms with E-state index in [1.807, 2.05) is 42.2 Å². The normalized spacial score (nSPS) is 22.2. The summed E-state index contributed by atoms with van der Waals surface area (Å²) in [7, 11) is 0. The van der Waals surface area contributed by atoms with Crippen molar-refractivity contribution in [3.05, 3.63) is 35.9 Å². The predicted octanol–water partition coefficient (Wildman–Crippen LogP) is 3.61. The van der Waals surface area contributed by atoms with Crippen LogP contribution < -0.4 is 5.32 Å². The molecule has 2 nitrogen and oxygen atoms in total. The van der Waals surface area contributed by atoms with Crippen molar-refractivity contribution in [2.24, 2.45) is 5.92 Å². The van der Waals surface area contributed by atoms with E-state index in [4.69, 9.17) is 0 Å². The number of nitrogens with zero attached hydrogens (tertiary/aromatic N) is 1. The first-order valence-electron chi connectivity index (χ1n) is 7.58. The molecule has 118 valence electrons. The maximum absolute atomic E-state index is 13.0. The lowest BCUT2D eigenvalue weighted by Gasteiger charge is -2.39. The fraction of sp³-hybridized carbons (Fsp3) is 0.625. The standard InChI is InChI=1S/C16H23F3N2/c1-2-20-11-15(13-7-4-3-5-8-13)21-10-6-9-14(12-21)16(17,18)19/h3-5,7-8,14-15,20H,2,6,9-12H2,1H3. The average Bonchev–Trinajstić information content (AvgIpc) is 2.48. The summed E-state index contributed by atoms with van der Waals surface area (Å²) in [6.45, 7) is 4.35. The van der Waals surface area contributed by atoms with Gasteiger partial charge >= 0.3 is 6.18 Å². The van der Waals surface area contributed by atoms with Crippen LogP contribution in [0.5, 0.6) is 0 Å². The lowest BCUT2D eigenvalue weighted by Crippen LogP contribution is -2.45. The van der Waals surface area contributed by atoms with E-state index >= 15 is 0 Å². The second-order valence-electron chi connectivity index (χ2n) is 5.61. The highest BCUT2D eigenvalue weighted by atomic mass is 19.4. The van der Waals surface area contributed by atoms with Crippen molar-refractivity contribution in [2.75, 3.05) is 26.2 Å². The van der Waals surface area contributed by atoms with Gasteiger partial charge < -0.3 is 5.32 Å². The molecule has 0 bridgehead atoms. The molecule has 1 heterocycles. The van der Waals surface area contributed by atoms with Crippen LogP contribution in [0.2, 0.25) is 0 Å². The summed E-state index contributed by atoms with van der Waals surface area (Å²) in [4.78, 5) is 1.99. The molecule has 1 saturated heterocycles. The molecule has 1 fully saturated rings. The summed E-state index contributed by atoms with van der Waals surface area (Å²) in [5, 5.41) is 3.27. The Balaban J connectivity index is 2.13. The first-order chi connectivity index (χ1) is 10.0. The van der Waals surface area contributed by atoms with Gasteiger partial charge in [0.1, 0.15) is 0 Å². The maximum atomic E-state index is 13.0. The molecule has 0 radical (unpaired) electrons. The Hall–Kier alpha value is -1.07. The summed E-state index contributed by atoms with van der Waals surface area (Å²) in [6, 6.07) is 9.83. The van der Waals surface area contributed by atoms with Gasteiger partial charge in [-0.15, -0.1) is 0 Å². The monoisotopic (exact) mass is 300 g/mol. The van der Waals surface area contributed by atoms with E-state index in [0.717, 1.165) is 18.7 Å². The Labute approximate surface area is 124 Å². The van der Waals surface area contributed by atoms with Crippen LogP contribution in [0.3, 0.4) is 0 Å². The Kier molecular flexibility index (Phi) is 5.65. The van der Waals surface area contributed by atoms with E-state index in [0.29, 0.717) is 13.0 Å². The zero-order chi connectivity index (χ0) is 15.3. The van der Waals surface area contributed by atoms with Crippen LogP contribution in [0, 0.1) is 5.92 Å². The molecule has 1 N–H and O–H groups in total. The number of likely N-dealkylation sites (N-methyl/N-ethyl adjacent to an activating group) is 1. The molecule has 0 aromatic heterocycles. The number of likely N-dealkylation sites (tertiary alicyclic amines) is 1. The fourth-order valence-electron chi connectivity index (χ4n) is 2.97. The quantitative estimate of drug-likeness (QED) is 0.893. The van der Waals surface area contributed by atoms with Gasteiger partial charge in [0.25, 0.3) is 0 Å². The van der Waals surface area contributed by atoms with Crippen molar-refractivity contribution >= 4 is 0 Å². The zero-order valence-electron chi connectivity index (χ0n) is 12.4. The highest BCUT2D eigenvalue weighted by Gasteiger charge is 2.42. The molecule has 1 aromatic rings. The number of halogens is 3. The summed E-state index contributed by atoms with van der Waals surface area (Å²) in [5.41, 5.74) is 1.08. The lowest BCUT2D eigenvalue weighted by molar-refractivity contribution is -0.188. The maximum Gasteiger partial charge on any atom is 0.393 e. The van der Waals surface area contributed by atoms with Crippen molar-refractivity contribution in [1.29, 1.82) is 0 Å². The highest BCUT2D eigenvalue weighted by Crippen LogP contribution is 2.35. The van der Waals surface area contributed by atoms with Crippen LogP contribution in [0.25, 0.3) is 0 Å². The van der Waals surface area contributed by atoms with Crippen molar-refractivity contribution in [1.82, 2.24) is 10.2 Å². The Morgan fingerprint density at radius 3 is 2.62 bits per heavy atom.